The van der Waals surface area contributed by atoms with Crippen molar-refractivity contribution in [1.82, 2.24) is 19.5 Å². The maximum absolute atomic E-state index is 10.6. The number of aromatic amines is 1. The number of aromatic nitrogens is 4. The first-order valence-corrected chi connectivity index (χ1v) is 5.83. The number of nitrogen functional groups attached to an aromatic ring is 1. The lowest BCUT2D eigenvalue weighted by Gasteiger charge is -2.04. The Hall–Kier alpha value is -1.96. The summed E-state index contributed by atoms with van der Waals surface area (Å²) in [6, 6.07) is 0. The van der Waals surface area contributed by atoms with Crippen LogP contribution in [-0.2, 0) is 16.1 Å². The molecular weight excluding hydrogens is 254 g/mol. The molecule has 0 amide bonds. The molecule has 96 valence electrons. The van der Waals surface area contributed by atoms with Crippen LogP contribution >= 0.6 is 12.2 Å². The molecule has 0 radical (unpaired) electrons. The molecule has 2 aromatic rings. The maximum atomic E-state index is 10.6. The normalized spacial score (nSPS) is 10.7. The fraction of sp³-hybridized carbons (Fsp3) is 0.400. The number of esters is 1. The third kappa shape index (κ3) is 2.48. The highest BCUT2D eigenvalue weighted by Crippen LogP contribution is 2.15. The summed E-state index contributed by atoms with van der Waals surface area (Å²) >= 11 is 5.19. The van der Waals surface area contributed by atoms with Gasteiger partial charge in [-0.1, -0.05) is 0 Å². The van der Waals surface area contributed by atoms with Crippen LogP contribution in [0.15, 0.2) is 6.33 Å². The van der Waals surface area contributed by atoms with Crippen molar-refractivity contribution in [3.05, 3.63) is 11.1 Å². The first-order chi connectivity index (χ1) is 8.59. The van der Waals surface area contributed by atoms with E-state index in [1.807, 2.05) is 4.57 Å². The first kappa shape index (κ1) is 12.5. The van der Waals surface area contributed by atoms with Crippen molar-refractivity contribution in [1.29, 1.82) is 0 Å². The average Bonchev–Trinajstić information content (AvgIpc) is 2.63. The summed E-state index contributed by atoms with van der Waals surface area (Å²) in [6.45, 7) is 2.33. The lowest BCUT2D eigenvalue weighted by Crippen LogP contribution is -2.06. The Morgan fingerprint density at radius 3 is 3.11 bits per heavy atom. The van der Waals surface area contributed by atoms with Crippen LogP contribution in [0.3, 0.4) is 0 Å². The van der Waals surface area contributed by atoms with Gasteiger partial charge in [0.2, 0.25) is 0 Å². The van der Waals surface area contributed by atoms with E-state index in [4.69, 9.17) is 22.7 Å². The zero-order valence-corrected chi connectivity index (χ0v) is 10.7. The van der Waals surface area contributed by atoms with E-state index in [9.17, 15) is 4.79 Å². The van der Waals surface area contributed by atoms with Crippen LogP contribution in [0, 0.1) is 4.77 Å². The maximum Gasteiger partial charge on any atom is 0.302 e. The smallest absolute Gasteiger partial charge is 0.302 e. The number of ether oxygens (including phenoxy) is 1. The molecule has 0 atom stereocenters. The molecule has 0 saturated carbocycles. The SMILES string of the molecule is CC(=O)OCCCn1c(=S)[nH]c2c(N)ncnc21. The number of nitrogens with two attached hydrogens (primary N) is 1. The molecule has 2 heterocycles. The Balaban J connectivity index is 2.18. The minimum absolute atomic E-state index is 0.288. The fourth-order valence-corrected chi connectivity index (χ4v) is 1.91. The van der Waals surface area contributed by atoms with Gasteiger partial charge in [-0.2, -0.15) is 0 Å². The molecule has 18 heavy (non-hydrogen) atoms. The number of H-pyrrole nitrogens is 1. The number of rotatable bonds is 4. The lowest BCUT2D eigenvalue weighted by atomic mass is 10.4. The largest absolute Gasteiger partial charge is 0.466 e. The molecule has 0 aliphatic rings. The van der Waals surface area contributed by atoms with Gasteiger partial charge in [-0.25, -0.2) is 9.97 Å². The van der Waals surface area contributed by atoms with E-state index in [1.54, 1.807) is 0 Å². The monoisotopic (exact) mass is 267 g/mol. The molecule has 0 unspecified atom stereocenters. The Bertz CT molecular complexity index is 633. The number of hydrogen-bond donors (Lipinski definition) is 2. The topological polar surface area (TPSA) is 98.8 Å². The van der Waals surface area contributed by atoms with Gasteiger partial charge in [0.25, 0.3) is 0 Å². The molecule has 8 heteroatoms. The second-order valence-corrected chi connectivity index (χ2v) is 4.12. The van der Waals surface area contributed by atoms with E-state index < -0.39 is 0 Å². The van der Waals surface area contributed by atoms with Crippen LogP contribution in [0.5, 0.6) is 0 Å². The second kappa shape index (κ2) is 5.13. The van der Waals surface area contributed by atoms with Crippen LogP contribution in [-0.4, -0.2) is 32.1 Å². The number of anilines is 1. The van der Waals surface area contributed by atoms with E-state index in [2.05, 4.69) is 15.0 Å². The van der Waals surface area contributed by atoms with Crippen LogP contribution in [0.2, 0.25) is 0 Å². The molecule has 0 bridgehead atoms. The average molecular weight is 267 g/mol. The van der Waals surface area contributed by atoms with Crippen molar-refractivity contribution in [2.75, 3.05) is 12.3 Å². The molecule has 0 aliphatic heterocycles. The van der Waals surface area contributed by atoms with Gasteiger partial charge in [-0.15, -0.1) is 0 Å². The number of nitrogens with one attached hydrogen (secondary N) is 1. The number of carbonyl (C=O) groups is 1. The Morgan fingerprint density at radius 1 is 1.61 bits per heavy atom. The van der Waals surface area contributed by atoms with Crippen molar-refractivity contribution in [3.8, 4) is 0 Å². The summed E-state index contributed by atoms with van der Waals surface area (Å²) in [4.78, 5) is 21.6. The van der Waals surface area contributed by atoms with Gasteiger partial charge in [-0.3, -0.25) is 4.79 Å². The van der Waals surface area contributed by atoms with Gasteiger partial charge in [0.1, 0.15) is 11.8 Å². The van der Waals surface area contributed by atoms with Crippen molar-refractivity contribution in [2.45, 2.75) is 19.9 Å². The van der Waals surface area contributed by atoms with Gasteiger partial charge in [-0.05, 0) is 18.6 Å². The Kier molecular flexibility index (Phi) is 3.56. The van der Waals surface area contributed by atoms with Crippen molar-refractivity contribution < 1.29 is 9.53 Å². The number of imidazole rings is 1. The molecule has 2 rings (SSSR count). The van der Waals surface area contributed by atoms with E-state index in [1.165, 1.54) is 13.3 Å². The van der Waals surface area contributed by atoms with Crippen molar-refractivity contribution in [3.63, 3.8) is 0 Å². The summed E-state index contributed by atoms with van der Waals surface area (Å²) in [5, 5.41) is 0. The summed E-state index contributed by atoms with van der Waals surface area (Å²) in [6.07, 6.45) is 2.05. The van der Waals surface area contributed by atoms with Crippen LogP contribution < -0.4 is 5.73 Å². The highest BCUT2D eigenvalue weighted by Gasteiger charge is 2.08. The number of hydrogen-bond acceptors (Lipinski definition) is 6. The Morgan fingerprint density at radius 2 is 2.39 bits per heavy atom. The highest BCUT2D eigenvalue weighted by molar-refractivity contribution is 7.71. The molecule has 0 saturated heterocycles. The molecule has 0 fully saturated rings. The van der Waals surface area contributed by atoms with Gasteiger partial charge in [0.05, 0.1) is 6.61 Å². The molecular formula is C10H13N5O2S. The molecule has 7 nitrogen and oxygen atoms in total. The summed E-state index contributed by atoms with van der Waals surface area (Å²) < 4.78 is 7.20. The minimum atomic E-state index is -0.288. The van der Waals surface area contributed by atoms with Crippen molar-refractivity contribution in [2.24, 2.45) is 0 Å². The first-order valence-electron chi connectivity index (χ1n) is 5.42. The number of fused-ring (bicyclic) bond motifs is 1. The lowest BCUT2D eigenvalue weighted by molar-refractivity contribution is -0.141. The predicted octanol–water partition coefficient (Wildman–Crippen LogP) is 1.02. The number of nitrogens with zero attached hydrogens (tertiary/aromatic N) is 3. The van der Waals surface area contributed by atoms with Crippen molar-refractivity contribution >= 4 is 35.2 Å². The minimum Gasteiger partial charge on any atom is -0.466 e. The zero-order chi connectivity index (χ0) is 13.1. The summed E-state index contributed by atoms with van der Waals surface area (Å²) in [5.74, 6) is 0.0777. The van der Waals surface area contributed by atoms with Gasteiger partial charge >= 0.3 is 5.97 Å². The standard InChI is InChI=1S/C10H13N5O2S/c1-6(16)17-4-2-3-15-9-7(14-10(15)18)8(11)12-5-13-9/h5H,2-4H2,1H3,(H,14,18)(H2,11,12,13). The second-order valence-electron chi connectivity index (χ2n) is 3.73. The van der Waals surface area contributed by atoms with Crippen LogP contribution in [0.4, 0.5) is 5.82 Å². The molecule has 0 spiro atoms. The van der Waals surface area contributed by atoms with Crippen LogP contribution in [0.25, 0.3) is 11.2 Å². The highest BCUT2D eigenvalue weighted by atomic mass is 32.1. The molecule has 3 N–H and O–H groups in total. The zero-order valence-electron chi connectivity index (χ0n) is 9.84. The predicted molar refractivity (Wildman–Crippen MR) is 68.4 cm³/mol. The molecule has 0 aromatic carbocycles. The Labute approximate surface area is 108 Å². The van der Waals surface area contributed by atoms with Gasteiger partial charge in [0.15, 0.2) is 16.2 Å². The third-order valence-corrected chi connectivity index (χ3v) is 2.74. The van der Waals surface area contributed by atoms with Crippen LogP contribution in [0.1, 0.15) is 13.3 Å². The van der Waals surface area contributed by atoms with Gasteiger partial charge < -0.3 is 20.0 Å². The number of aryl methyl sites for hydroxylation is 1. The fourth-order valence-electron chi connectivity index (χ4n) is 1.63. The third-order valence-electron chi connectivity index (χ3n) is 2.42. The van der Waals surface area contributed by atoms with Gasteiger partial charge in [0, 0.05) is 13.5 Å². The molecule has 2 aromatic heterocycles. The summed E-state index contributed by atoms with van der Waals surface area (Å²) in [5.41, 5.74) is 7.02. The van der Waals surface area contributed by atoms with E-state index in [0.717, 1.165) is 0 Å². The van der Waals surface area contributed by atoms with E-state index >= 15 is 0 Å². The van der Waals surface area contributed by atoms with E-state index in [0.29, 0.717) is 41.3 Å². The molecule has 0 aliphatic carbocycles. The van der Waals surface area contributed by atoms with E-state index in [-0.39, 0.29) is 5.97 Å². The number of carbonyl (C=O) groups excluding carboxylic acids is 1. The quantitative estimate of drug-likeness (QED) is 0.487. The summed E-state index contributed by atoms with van der Waals surface area (Å²) in [7, 11) is 0.